The number of carbonyl (C=O) groups excluding carboxylic acids is 1. The molecule has 0 spiro atoms. The van der Waals surface area contributed by atoms with Crippen LogP contribution in [0.2, 0.25) is 0 Å². The molecule has 0 N–H and O–H groups in total. The molecule has 0 unspecified atom stereocenters. The zero-order chi connectivity index (χ0) is 14.4. The second-order valence-corrected chi connectivity index (χ2v) is 3.77. The number of carbonyl (C=O) groups is 1. The Hall–Kier alpha value is -3.31. The minimum atomic E-state index is -0.211. The van der Waals surface area contributed by atoms with Gasteiger partial charge >= 0.3 is 0 Å². The molecule has 0 atom stereocenters. The Morgan fingerprint density at radius 1 is 0.850 bits per heavy atom. The summed E-state index contributed by atoms with van der Waals surface area (Å²) in [5, 5.41) is 16.8. The second kappa shape index (κ2) is 6.03. The first kappa shape index (κ1) is 13.1. The van der Waals surface area contributed by atoms with Gasteiger partial charge in [0.25, 0.3) is 12.5 Å². The van der Waals surface area contributed by atoms with Gasteiger partial charge in [-0.2, -0.15) is 0 Å². The van der Waals surface area contributed by atoms with Gasteiger partial charge in [-0.15, -0.1) is 10.5 Å². The minimum absolute atomic E-state index is 0.211. The van der Waals surface area contributed by atoms with Gasteiger partial charge < -0.3 is 9.47 Å². The van der Waals surface area contributed by atoms with Crippen LogP contribution in [0.15, 0.2) is 48.5 Å². The van der Waals surface area contributed by atoms with Crippen LogP contribution in [0, 0.1) is 23.0 Å². The van der Waals surface area contributed by atoms with E-state index in [4.69, 9.17) is 10.5 Å². The van der Waals surface area contributed by atoms with Crippen molar-refractivity contribution in [1.82, 2.24) is 0 Å². The summed E-state index contributed by atoms with van der Waals surface area (Å²) < 4.78 is 9.32. The number of ketones is 1. The fraction of sp³-hybridized carbons (Fsp3) is 0. The van der Waals surface area contributed by atoms with Crippen LogP contribution in [0.4, 0.5) is 0 Å². The number of rotatable bonds is 4. The average Bonchev–Trinajstić information content (AvgIpc) is 2.48. The molecular formula is C15H8N2O3. The molecule has 0 radical (unpaired) electrons. The van der Waals surface area contributed by atoms with Gasteiger partial charge in [-0.3, -0.25) is 4.79 Å². The first-order valence-corrected chi connectivity index (χ1v) is 5.61. The molecule has 0 aromatic heterocycles. The number of ether oxygens (including phenoxy) is 2. The molecule has 96 valence electrons. The highest BCUT2D eigenvalue weighted by Gasteiger charge is 2.10. The molecular weight excluding hydrogens is 256 g/mol. The summed E-state index contributed by atoms with van der Waals surface area (Å²) in [6.45, 7) is 0. The van der Waals surface area contributed by atoms with Crippen LogP contribution in [0.1, 0.15) is 15.9 Å². The number of hydrogen-bond acceptors (Lipinski definition) is 5. The maximum Gasteiger partial charge on any atom is 0.292 e. The number of hydrogen-bond donors (Lipinski definition) is 0. The molecule has 5 nitrogen and oxygen atoms in total. The molecule has 2 aromatic rings. The van der Waals surface area contributed by atoms with Crippen molar-refractivity contribution >= 4 is 5.78 Å². The lowest BCUT2D eigenvalue weighted by molar-refractivity contribution is 0.103. The third-order valence-corrected chi connectivity index (χ3v) is 2.54. The summed E-state index contributed by atoms with van der Waals surface area (Å²) >= 11 is 0. The standard InChI is InChI=1S/C15H8N2O3/c16-9-19-13-6-4-11(5-7-13)15(18)12-2-1-3-14(8-12)20-10-17/h1-8H. The van der Waals surface area contributed by atoms with Crippen molar-refractivity contribution in [2.24, 2.45) is 0 Å². The molecule has 2 aromatic carbocycles. The summed E-state index contributed by atoms with van der Waals surface area (Å²) in [4.78, 5) is 12.2. The van der Waals surface area contributed by atoms with E-state index in [0.717, 1.165) is 0 Å². The number of nitriles is 2. The Bertz CT molecular complexity index is 709. The van der Waals surface area contributed by atoms with E-state index < -0.39 is 0 Å². The Labute approximate surface area is 115 Å². The van der Waals surface area contributed by atoms with Gasteiger partial charge in [0.15, 0.2) is 5.78 Å². The van der Waals surface area contributed by atoms with Crippen LogP contribution >= 0.6 is 0 Å². The summed E-state index contributed by atoms with van der Waals surface area (Å²) in [5.74, 6) is 0.463. The Balaban J connectivity index is 2.25. The van der Waals surface area contributed by atoms with Crippen molar-refractivity contribution in [3.8, 4) is 24.0 Å². The lowest BCUT2D eigenvalue weighted by atomic mass is 10.0. The van der Waals surface area contributed by atoms with Gasteiger partial charge in [0.2, 0.25) is 0 Å². The molecule has 2 rings (SSSR count). The van der Waals surface area contributed by atoms with E-state index in [1.165, 1.54) is 18.2 Å². The van der Waals surface area contributed by atoms with Crippen molar-refractivity contribution < 1.29 is 14.3 Å². The van der Waals surface area contributed by atoms with Gasteiger partial charge in [0.1, 0.15) is 11.5 Å². The Kier molecular flexibility index (Phi) is 3.96. The molecule has 0 saturated carbocycles. The van der Waals surface area contributed by atoms with E-state index in [2.05, 4.69) is 9.47 Å². The summed E-state index contributed by atoms with van der Waals surface area (Å²) in [5.41, 5.74) is 0.857. The third-order valence-electron chi connectivity index (χ3n) is 2.54. The van der Waals surface area contributed by atoms with Crippen molar-refractivity contribution in [1.29, 1.82) is 10.5 Å². The van der Waals surface area contributed by atoms with Crippen molar-refractivity contribution in [2.75, 3.05) is 0 Å². The molecule has 0 aliphatic carbocycles. The lowest BCUT2D eigenvalue weighted by Gasteiger charge is -2.03. The molecule has 5 heteroatoms. The zero-order valence-electron chi connectivity index (χ0n) is 10.2. The molecule has 20 heavy (non-hydrogen) atoms. The van der Waals surface area contributed by atoms with E-state index in [0.29, 0.717) is 22.6 Å². The highest BCUT2D eigenvalue weighted by atomic mass is 16.5. The topological polar surface area (TPSA) is 83.1 Å². The average molecular weight is 264 g/mol. The van der Waals surface area contributed by atoms with Crippen LogP contribution in [-0.4, -0.2) is 5.78 Å². The number of nitrogens with zero attached hydrogens (tertiary/aromatic N) is 2. The summed E-state index contributed by atoms with van der Waals surface area (Å²) in [7, 11) is 0. The predicted molar refractivity (Wildman–Crippen MR) is 68.8 cm³/mol. The van der Waals surface area contributed by atoms with Crippen LogP contribution < -0.4 is 9.47 Å². The van der Waals surface area contributed by atoms with Gasteiger partial charge in [-0.1, -0.05) is 12.1 Å². The largest absolute Gasteiger partial charge is 0.388 e. The monoisotopic (exact) mass is 264 g/mol. The van der Waals surface area contributed by atoms with Crippen LogP contribution in [0.5, 0.6) is 11.5 Å². The Morgan fingerprint density at radius 2 is 1.50 bits per heavy atom. The van der Waals surface area contributed by atoms with Crippen LogP contribution in [0.3, 0.4) is 0 Å². The normalized spacial score (nSPS) is 9.10. The van der Waals surface area contributed by atoms with Gasteiger partial charge in [-0.25, -0.2) is 0 Å². The lowest BCUT2D eigenvalue weighted by Crippen LogP contribution is -2.01. The van der Waals surface area contributed by atoms with Gasteiger partial charge in [-0.05, 0) is 36.4 Å². The third kappa shape index (κ3) is 2.92. The SMILES string of the molecule is N#COc1ccc(C(=O)c2cccc(OC#N)c2)cc1. The highest BCUT2D eigenvalue weighted by molar-refractivity contribution is 6.09. The smallest absolute Gasteiger partial charge is 0.292 e. The van der Waals surface area contributed by atoms with Crippen molar-refractivity contribution in [3.63, 3.8) is 0 Å². The van der Waals surface area contributed by atoms with E-state index in [-0.39, 0.29) is 5.78 Å². The Morgan fingerprint density at radius 3 is 2.15 bits per heavy atom. The highest BCUT2D eigenvalue weighted by Crippen LogP contribution is 2.18. The zero-order valence-corrected chi connectivity index (χ0v) is 10.2. The van der Waals surface area contributed by atoms with E-state index in [1.807, 2.05) is 0 Å². The van der Waals surface area contributed by atoms with E-state index in [9.17, 15) is 4.79 Å². The quantitative estimate of drug-likeness (QED) is 0.626. The maximum absolute atomic E-state index is 12.2. The molecule has 0 aliphatic heterocycles. The first-order chi connectivity index (χ1) is 9.74. The molecule has 0 amide bonds. The van der Waals surface area contributed by atoms with Crippen LogP contribution in [0.25, 0.3) is 0 Å². The first-order valence-electron chi connectivity index (χ1n) is 5.61. The van der Waals surface area contributed by atoms with Gasteiger partial charge in [0.05, 0.1) is 0 Å². The molecule has 0 bridgehead atoms. The van der Waals surface area contributed by atoms with Crippen molar-refractivity contribution in [3.05, 3.63) is 59.7 Å². The van der Waals surface area contributed by atoms with E-state index >= 15 is 0 Å². The van der Waals surface area contributed by atoms with Crippen LogP contribution in [-0.2, 0) is 0 Å². The predicted octanol–water partition coefficient (Wildman–Crippen LogP) is 2.64. The molecule has 0 heterocycles. The fourth-order valence-corrected chi connectivity index (χ4v) is 1.65. The second-order valence-electron chi connectivity index (χ2n) is 3.77. The fourth-order valence-electron chi connectivity index (χ4n) is 1.65. The minimum Gasteiger partial charge on any atom is -0.388 e. The summed E-state index contributed by atoms with van der Waals surface area (Å²) in [6.07, 6.45) is 3.11. The van der Waals surface area contributed by atoms with E-state index in [1.54, 1.807) is 42.8 Å². The molecule has 0 fully saturated rings. The maximum atomic E-state index is 12.2. The van der Waals surface area contributed by atoms with Crippen molar-refractivity contribution in [2.45, 2.75) is 0 Å². The van der Waals surface area contributed by atoms with Gasteiger partial charge in [0, 0.05) is 11.1 Å². The summed E-state index contributed by atoms with van der Waals surface area (Å²) in [6, 6.07) is 12.5. The molecule has 0 saturated heterocycles. The molecule has 0 aliphatic rings. The number of benzene rings is 2.